The first kappa shape index (κ1) is 15.5. The second-order valence-electron chi connectivity index (χ2n) is 7.02. The predicted octanol–water partition coefficient (Wildman–Crippen LogP) is 5.64. The highest BCUT2D eigenvalue weighted by atomic mass is 32.1. The summed E-state index contributed by atoms with van der Waals surface area (Å²) in [6, 6.07) is 8.30. The number of hydrogen-bond acceptors (Lipinski definition) is 4. The van der Waals surface area contributed by atoms with Crippen LogP contribution in [0.1, 0.15) is 42.5 Å². The summed E-state index contributed by atoms with van der Waals surface area (Å²) in [4.78, 5) is 18.9. The van der Waals surface area contributed by atoms with Gasteiger partial charge < -0.3 is 5.32 Å². The first-order valence-corrected chi connectivity index (χ1v) is 10.7. The molecule has 0 spiro atoms. The molecule has 5 heteroatoms. The summed E-state index contributed by atoms with van der Waals surface area (Å²) >= 11 is 3.52. The molecule has 3 nitrogen and oxygen atoms in total. The van der Waals surface area contributed by atoms with Crippen LogP contribution in [-0.4, -0.2) is 10.9 Å². The fourth-order valence-electron chi connectivity index (χ4n) is 3.74. The predicted molar refractivity (Wildman–Crippen MR) is 106 cm³/mol. The minimum absolute atomic E-state index is 0.201. The molecule has 1 saturated carbocycles. The maximum absolute atomic E-state index is 12.5. The summed E-state index contributed by atoms with van der Waals surface area (Å²) in [5.41, 5.74) is 3.68. The first-order valence-electron chi connectivity index (χ1n) is 9.11. The monoisotopic (exact) mass is 368 g/mol. The molecular weight excluding hydrogens is 348 g/mol. The van der Waals surface area contributed by atoms with Crippen LogP contribution in [0.4, 0.5) is 5.00 Å². The lowest BCUT2D eigenvalue weighted by molar-refractivity contribution is -0.122. The number of thiazole rings is 1. The van der Waals surface area contributed by atoms with Gasteiger partial charge in [0, 0.05) is 16.4 Å². The molecule has 5 rings (SSSR count). The number of para-hydroxylation sites is 1. The fraction of sp³-hybridized carbons (Fsp3) is 0.400. The number of anilines is 1. The molecule has 25 heavy (non-hydrogen) atoms. The van der Waals surface area contributed by atoms with Crippen molar-refractivity contribution in [2.75, 3.05) is 5.32 Å². The number of thiophene rings is 1. The van der Waals surface area contributed by atoms with Crippen LogP contribution in [0.2, 0.25) is 0 Å². The third-order valence-corrected chi connectivity index (χ3v) is 7.65. The largest absolute Gasteiger partial charge is 0.317 e. The van der Waals surface area contributed by atoms with Crippen molar-refractivity contribution in [3.8, 4) is 10.6 Å². The number of carbonyl (C=O) groups excluding carboxylic acids is 1. The van der Waals surface area contributed by atoms with E-state index in [9.17, 15) is 4.79 Å². The molecule has 0 saturated heterocycles. The number of aryl methyl sites for hydroxylation is 1. The van der Waals surface area contributed by atoms with Crippen LogP contribution < -0.4 is 5.32 Å². The zero-order valence-corrected chi connectivity index (χ0v) is 15.6. The minimum atomic E-state index is 0.201. The van der Waals surface area contributed by atoms with Gasteiger partial charge in [0.05, 0.1) is 10.2 Å². The van der Waals surface area contributed by atoms with E-state index in [1.54, 1.807) is 22.7 Å². The third kappa shape index (κ3) is 2.70. The third-order valence-electron chi connectivity index (χ3n) is 5.39. The van der Waals surface area contributed by atoms with Crippen LogP contribution in [0.15, 0.2) is 24.3 Å². The Morgan fingerprint density at radius 3 is 2.72 bits per heavy atom. The van der Waals surface area contributed by atoms with Gasteiger partial charge in [0.1, 0.15) is 10.0 Å². The van der Waals surface area contributed by atoms with Gasteiger partial charge in [-0.2, -0.15) is 0 Å². The summed E-state index contributed by atoms with van der Waals surface area (Å²) in [7, 11) is 0. The van der Waals surface area contributed by atoms with Crippen molar-refractivity contribution in [1.82, 2.24) is 4.98 Å². The van der Waals surface area contributed by atoms with Gasteiger partial charge in [-0.05, 0) is 56.2 Å². The van der Waals surface area contributed by atoms with E-state index >= 15 is 0 Å². The second kappa shape index (κ2) is 6.22. The molecule has 0 unspecified atom stereocenters. The van der Waals surface area contributed by atoms with Gasteiger partial charge in [-0.15, -0.1) is 22.7 Å². The zero-order chi connectivity index (χ0) is 16.8. The lowest BCUT2D eigenvalue weighted by atomic mass is 9.85. The van der Waals surface area contributed by atoms with Crippen molar-refractivity contribution >= 4 is 43.8 Å². The van der Waals surface area contributed by atoms with Crippen LogP contribution in [0.5, 0.6) is 0 Å². The number of nitrogens with one attached hydrogen (secondary N) is 1. The molecule has 1 fully saturated rings. The van der Waals surface area contributed by atoms with Crippen molar-refractivity contribution in [1.29, 1.82) is 0 Å². The number of rotatable bonds is 3. The molecule has 0 atom stereocenters. The molecule has 1 amide bonds. The Morgan fingerprint density at radius 1 is 1.08 bits per heavy atom. The molecule has 2 aliphatic rings. The average molecular weight is 369 g/mol. The number of fused-ring (bicyclic) bond motifs is 2. The normalized spacial score (nSPS) is 17.3. The molecule has 0 radical (unpaired) electrons. The first-order chi connectivity index (χ1) is 12.3. The molecular formula is C20H20N2OS2. The van der Waals surface area contributed by atoms with Crippen molar-refractivity contribution in [3.63, 3.8) is 0 Å². The molecule has 0 aliphatic heterocycles. The maximum Gasteiger partial charge on any atom is 0.228 e. The topological polar surface area (TPSA) is 42.0 Å². The molecule has 3 aromatic rings. The Morgan fingerprint density at radius 2 is 1.92 bits per heavy atom. The van der Waals surface area contributed by atoms with E-state index in [-0.39, 0.29) is 11.8 Å². The van der Waals surface area contributed by atoms with Crippen LogP contribution in [0.3, 0.4) is 0 Å². The number of hydrogen-bond donors (Lipinski definition) is 1. The molecule has 2 heterocycles. The highest BCUT2D eigenvalue weighted by Gasteiger charge is 2.29. The molecule has 1 N–H and O–H groups in total. The Labute approximate surface area is 155 Å². The summed E-state index contributed by atoms with van der Waals surface area (Å²) < 4.78 is 1.21. The maximum atomic E-state index is 12.5. The van der Waals surface area contributed by atoms with E-state index in [1.807, 2.05) is 6.07 Å². The lowest BCUT2D eigenvalue weighted by Gasteiger charge is -2.23. The van der Waals surface area contributed by atoms with Gasteiger partial charge in [-0.1, -0.05) is 18.6 Å². The van der Waals surface area contributed by atoms with Crippen molar-refractivity contribution < 1.29 is 4.79 Å². The van der Waals surface area contributed by atoms with E-state index in [2.05, 4.69) is 23.5 Å². The molecule has 0 bridgehead atoms. The van der Waals surface area contributed by atoms with Crippen LogP contribution in [0, 0.1) is 5.92 Å². The van der Waals surface area contributed by atoms with E-state index in [0.717, 1.165) is 41.2 Å². The molecule has 128 valence electrons. The van der Waals surface area contributed by atoms with Crippen LogP contribution in [0.25, 0.3) is 20.8 Å². The lowest BCUT2D eigenvalue weighted by Crippen LogP contribution is -2.27. The smallest absolute Gasteiger partial charge is 0.228 e. The second-order valence-corrected chi connectivity index (χ2v) is 9.15. The Bertz CT molecular complexity index is 919. The zero-order valence-electron chi connectivity index (χ0n) is 14.0. The number of benzene rings is 1. The van der Waals surface area contributed by atoms with Gasteiger partial charge in [-0.3, -0.25) is 4.79 Å². The van der Waals surface area contributed by atoms with Gasteiger partial charge >= 0.3 is 0 Å². The minimum Gasteiger partial charge on any atom is -0.317 e. The van der Waals surface area contributed by atoms with E-state index in [4.69, 9.17) is 4.98 Å². The molecule has 2 aromatic heterocycles. The Kier molecular flexibility index (Phi) is 3.86. The summed E-state index contributed by atoms with van der Waals surface area (Å²) in [6.45, 7) is 0. The van der Waals surface area contributed by atoms with E-state index < -0.39 is 0 Å². The molecule has 1 aromatic carbocycles. The summed E-state index contributed by atoms with van der Waals surface area (Å²) in [5, 5.41) is 5.35. The Hall–Kier alpha value is -1.72. The van der Waals surface area contributed by atoms with Crippen molar-refractivity contribution in [2.24, 2.45) is 5.92 Å². The van der Waals surface area contributed by atoms with Gasteiger partial charge in [-0.25, -0.2) is 4.98 Å². The van der Waals surface area contributed by atoms with Crippen molar-refractivity contribution in [3.05, 3.63) is 34.7 Å². The number of carbonyl (C=O) groups is 1. The van der Waals surface area contributed by atoms with Gasteiger partial charge in [0.25, 0.3) is 0 Å². The Balaban J connectivity index is 1.60. The fourth-order valence-corrected chi connectivity index (χ4v) is 6.15. The average Bonchev–Trinajstić information content (AvgIpc) is 3.12. The van der Waals surface area contributed by atoms with E-state index in [1.165, 1.54) is 40.0 Å². The van der Waals surface area contributed by atoms with E-state index in [0.29, 0.717) is 0 Å². The number of amides is 1. The van der Waals surface area contributed by atoms with Gasteiger partial charge in [0.15, 0.2) is 0 Å². The number of nitrogens with zero attached hydrogens (tertiary/aromatic N) is 1. The number of aromatic nitrogens is 1. The quantitative estimate of drug-likeness (QED) is 0.650. The van der Waals surface area contributed by atoms with Crippen molar-refractivity contribution in [2.45, 2.75) is 44.9 Å². The summed E-state index contributed by atoms with van der Waals surface area (Å²) in [6.07, 6.45) is 7.98. The molecule has 2 aliphatic carbocycles. The standard InChI is InChI=1S/C20H20N2OS2/c23-18(12-6-5-7-12)22-20-17(13-8-1-3-10-15(13)24-20)19-21-14-9-2-4-11-16(14)25-19/h2,4,9,11-12H,1,3,5-8,10H2,(H,22,23). The van der Waals surface area contributed by atoms with Crippen LogP contribution >= 0.6 is 22.7 Å². The van der Waals surface area contributed by atoms with Gasteiger partial charge in [0.2, 0.25) is 5.91 Å². The SMILES string of the molecule is O=C(Nc1sc2c(c1-c1nc3ccccc3s1)CCCC2)C1CCC1. The highest BCUT2D eigenvalue weighted by molar-refractivity contribution is 7.22. The van der Waals surface area contributed by atoms with Crippen LogP contribution in [-0.2, 0) is 17.6 Å². The summed E-state index contributed by atoms with van der Waals surface area (Å²) in [5.74, 6) is 0.412. The highest BCUT2D eigenvalue weighted by Crippen LogP contribution is 2.46.